The molecule has 0 heterocycles. The molecule has 0 fully saturated rings. The predicted octanol–water partition coefficient (Wildman–Crippen LogP) is 3.48. The lowest BCUT2D eigenvalue weighted by Gasteiger charge is -2.36. The maximum atomic E-state index is 14.1. The Morgan fingerprint density at radius 2 is 1.95 bits per heavy atom. The minimum absolute atomic E-state index is 0.330. The Bertz CT molecular complexity index is 551. The van der Waals surface area contributed by atoms with E-state index in [1.165, 1.54) is 12.1 Å². The Balaban J connectivity index is 3.45. The molecule has 2 atom stereocenters. The molecule has 0 bridgehead atoms. The minimum Gasteiger partial charge on any atom is -0.396 e. The molecule has 0 radical (unpaired) electrons. The molecule has 126 valence electrons. The summed E-state index contributed by atoms with van der Waals surface area (Å²) >= 11 is 3.12. The second-order valence-corrected chi connectivity index (χ2v) is 8.73. The zero-order valence-corrected chi connectivity index (χ0v) is 14.9. The van der Waals surface area contributed by atoms with Gasteiger partial charge in [0.05, 0.1) is 15.7 Å². The van der Waals surface area contributed by atoms with Gasteiger partial charge in [0.15, 0.2) is 0 Å². The molecule has 0 aliphatic carbocycles. The normalized spacial score (nSPS) is 16.6. The highest BCUT2D eigenvalue weighted by Crippen LogP contribution is 2.36. The quantitative estimate of drug-likeness (QED) is 0.766. The van der Waals surface area contributed by atoms with Crippen LogP contribution in [-0.2, 0) is 16.5 Å². The van der Waals surface area contributed by atoms with Crippen LogP contribution in [0.1, 0.15) is 32.8 Å². The third-order valence-electron chi connectivity index (χ3n) is 3.12. The number of alkyl halides is 2. The van der Waals surface area contributed by atoms with Crippen LogP contribution in [0.5, 0.6) is 0 Å². The van der Waals surface area contributed by atoms with Gasteiger partial charge in [-0.2, -0.15) is 0 Å². The topological polar surface area (TPSA) is 49.3 Å². The molecule has 22 heavy (non-hydrogen) atoms. The van der Waals surface area contributed by atoms with Crippen molar-refractivity contribution in [1.29, 1.82) is 0 Å². The van der Waals surface area contributed by atoms with Crippen molar-refractivity contribution in [2.45, 2.75) is 43.9 Å². The fourth-order valence-electron chi connectivity index (χ4n) is 1.85. The molecular weight excluding hydrogens is 383 g/mol. The van der Waals surface area contributed by atoms with Gasteiger partial charge in [-0.05, 0) is 45.4 Å². The molecular formula is C14H19BrF3NO2S. The van der Waals surface area contributed by atoms with Crippen LogP contribution in [0.2, 0.25) is 0 Å². The Labute approximate surface area is 139 Å². The number of rotatable bonds is 6. The van der Waals surface area contributed by atoms with E-state index in [2.05, 4.69) is 20.7 Å². The van der Waals surface area contributed by atoms with Crippen molar-refractivity contribution in [3.63, 3.8) is 0 Å². The molecule has 8 heteroatoms. The van der Waals surface area contributed by atoms with Gasteiger partial charge in [0.25, 0.3) is 6.43 Å². The summed E-state index contributed by atoms with van der Waals surface area (Å²) in [4.78, 5) is 0. The van der Waals surface area contributed by atoms with Gasteiger partial charge < -0.3 is 5.11 Å². The molecule has 3 nitrogen and oxygen atoms in total. The smallest absolute Gasteiger partial charge is 0.261 e. The maximum Gasteiger partial charge on any atom is 0.261 e. The van der Waals surface area contributed by atoms with E-state index in [0.717, 1.165) is 6.07 Å². The summed E-state index contributed by atoms with van der Waals surface area (Å²) < 4.78 is 55.9. The summed E-state index contributed by atoms with van der Waals surface area (Å²) in [7, 11) is -1.87. The van der Waals surface area contributed by atoms with Crippen molar-refractivity contribution in [2.24, 2.45) is 0 Å². The van der Waals surface area contributed by atoms with E-state index in [1.807, 2.05) is 0 Å². The number of nitrogens with one attached hydrogen (secondary N) is 1. The fourth-order valence-corrected chi connectivity index (χ4v) is 3.15. The molecule has 0 spiro atoms. The van der Waals surface area contributed by atoms with Crippen LogP contribution in [-0.4, -0.2) is 27.1 Å². The summed E-state index contributed by atoms with van der Waals surface area (Å²) in [5.41, 5.74) is -2.57. The van der Waals surface area contributed by atoms with E-state index in [1.54, 1.807) is 20.8 Å². The van der Waals surface area contributed by atoms with Crippen LogP contribution in [0.3, 0.4) is 0 Å². The van der Waals surface area contributed by atoms with Gasteiger partial charge in [-0.1, -0.05) is 15.9 Å². The number of benzene rings is 1. The van der Waals surface area contributed by atoms with E-state index >= 15 is 0 Å². The molecule has 0 amide bonds. The van der Waals surface area contributed by atoms with Crippen molar-refractivity contribution in [3.05, 3.63) is 34.1 Å². The molecule has 0 aromatic heterocycles. The summed E-state index contributed by atoms with van der Waals surface area (Å²) in [6.07, 6.45) is -3.53. The third kappa shape index (κ3) is 4.31. The first-order chi connectivity index (χ1) is 10.0. The Morgan fingerprint density at radius 1 is 1.36 bits per heavy atom. The number of hydrogen-bond acceptors (Lipinski definition) is 2. The highest BCUT2D eigenvalue weighted by molar-refractivity contribution is 9.10. The molecule has 0 saturated carbocycles. The van der Waals surface area contributed by atoms with Gasteiger partial charge in [0, 0.05) is 16.6 Å². The monoisotopic (exact) mass is 401 g/mol. The fraction of sp³-hybridized carbons (Fsp3) is 0.571. The standard InChI is InChI=1S/C14H19BrF3NO2S/c1-13(2,3)22(21)19-14(6-7-20,12(17)18)10-8-9(15)4-5-11(10)16/h4-5,8,12,19-20H,6-7H2,1-3H3/t14-,22?/m0/s1. The van der Waals surface area contributed by atoms with Crippen LogP contribution >= 0.6 is 15.9 Å². The zero-order chi connectivity index (χ0) is 17.1. The number of aliphatic hydroxyl groups is 1. The highest BCUT2D eigenvalue weighted by Gasteiger charge is 2.46. The molecule has 0 saturated heterocycles. The van der Waals surface area contributed by atoms with E-state index < -0.39 is 46.5 Å². The maximum absolute atomic E-state index is 14.1. The number of hydrogen-bond donors (Lipinski definition) is 2. The average molecular weight is 402 g/mol. The van der Waals surface area contributed by atoms with Crippen LogP contribution in [0, 0.1) is 5.82 Å². The van der Waals surface area contributed by atoms with Gasteiger partial charge in [-0.25, -0.2) is 22.1 Å². The molecule has 0 aliphatic rings. The molecule has 0 aliphatic heterocycles. The average Bonchev–Trinajstić information content (AvgIpc) is 2.39. The first-order valence-electron chi connectivity index (χ1n) is 6.59. The third-order valence-corrected chi connectivity index (χ3v) is 5.27. The Kier molecular flexibility index (Phi) is 6.61. The highest BCUT2D eigenvalue weighted by atomic mass is 79.9. The van der Waals surface area contributed by atoms with Gasteiger partial charge in [0.2, 0.25) is 0 Å². The van der Waals surface area contributed by atoms with Crippen molar-refractivity contribution in [1.82, 2.24) is 4.72 Å². The molecule has 1 aromatic rings. The van der Waals surface area contributed by atoms with Gasteiger partial charge in [-0.3, -0.25) is 0 Å². The van der Waals surface area contributed by atoms with E-state index in [-0.39, 0.29) is 5.56 Å². The van der Waals surface area contributed by atoms with Crippen molar-refractivity contribution < 1.29 is 22.5 Å². The number of aliphatic hydroxyl groups excluding tert-OH is 1. The number of halogens is 4. The summed E-state index contributed by atoms with van der Waals surface area (Å²) in [5.74, 6) is -0.852. The summed E-state index contributed by atoms with van der Waals surface area (Å²) in [6, 6.07) is 3.65. The van der Waals surface area contributed by atoms with Crippen molar-refractivity contribution in [3.8, 4) is 0 Å². The van der Waals surface area contributed by atoms with Crippen LogP contribution in [0.25, 0.3) is 0 Å². The largest absolute Gasteiger partial charge is 0.396 e. The summed E-state index contributed by atoms with van der Waals surface area (Å²) in [5, 5.41) is 9.18. The van der Waals surface area contributed by atoms with E-state index in [9.17, 15) is 22.5 Å². The lowest BCUT2D eigenvalue weighted by Crippen LogP contribution is -2.53. The lowest BCUT2D eigenvalue weighted by molar-refractivity contribution is 0.0239. The second-order valence-electron chi connectivity index (χ2n) is 5.85. The first kappa shape index (κ1) is 19.6. The molecule has 1 unspecified atom stereocenters. The molecule has 2 N–H and O–H groups in total. The molecule has 1 rings (SSSR count). The van der Waals surface area contributed by atoms with Gasteiger partial charge in [0.1, 0.15) is 11.4 Å². The van der Waals surface area contributed by atoms with Crippen LogP contribution < -0.4 is 4.72 Å². The zero-order valence-electron chi connectivity index (χ0n) is 12.5. The predicted molar refractivity (Wildman–Crippen MR) is 84.5 cm³/mol. The van der Waals surface area contributed by atoms with Gasteiger partial charge in [-0.15, -0.1) is 0 Å². The van der Waals surface area contributed by atoms with Gasteiger partial charge >= 0.3 is 0 Å². The Morgan fingerprint density at radius 3 is 2.41 bits per heavy atom. The van der Waals surface area contributed by atoms with Crippen LogP contribution in [0.15, 0.2) is 22.7 Å². The minimum atomic E-state index is -3.06. The Hall–Kier alpha value is -0.440. The van der Waals surface area contributed by atoms with Crippen molar-refractivity contribution in [2.75, 3.05) is 6.61 Å². The second kappa shape index (κ2) is 7.42. The van der Waals surface area contributed by atoms with E-state index in [0.29, 0.717) is 4.47 Å². The van der Waals surface area contributed by atoms with Crippen molar-refractivity contribution >= 4 is 26.9 Å². The SMILES string of the molecule is CC(C)(C)S(=O)N[C@@](CCO)(c1cc(Br)ccc1F)C(F)F. The molecule has 1 aromatic carbocycles. The summed E-state index contributed by atoms with van der Waals surface area (Å²) in [6.45, 7) is 4.23. The first-order valence-corrected chi connectivity index (χ1v) is 8.53. The lowest BCUT2D eigenvalue weighted by atomic mass is 9.88. The van der Waals surface area contributed by atoms with E-state index in [4.69, 9.17) is 0 Å². The van der Waals surface area contributed by atoms with Crippen LogP contribution in [0.4, 0.5) is 13.2 Å².